The second-order valence-corrected chi connectivity index (χ2v) is 4.50. The molecule has 1 atom stereocenters. The highest BCUT2D eigenvalue weighted by molar-refractivity contribution is 8.02. The van der Waals surface area contributed by atoms with Crippen LogP contribution < -0.4 is 0 Å². The fourth-order valence-electron chi connectivity index (χ4n) is 1.03. The monoisotopic (exact) mass is 206 g/mol. The summed E-state index contributed by atoms with van der Waals surface area (Å²) < 4.78 is 0. The first-order chi connectivity index (χ1) is 6.83. The number of benzene rings is 1. The Kier molecular flexibility index (Phi) is 5.46. The molecule has 0 N–H and O–H groups in total. The lowest BCUT2D eigenvalue weighted by Gasteiger charge is -2.03. The fraction of sp³-hybridized carbons (Fsp3) is 0.385. The summed E-state index contributed by atoms with van der Waals surface area (Å²) in [6.07, 6.45) is 3.44. The zero-order valence-electron chi connectivity index (χ0n) is 8.94. The highest BCUT2D eigenvalue weighted by Gasteiger charge is 1.95. The molecule has 0 saturated carbocycles. The van der Waals surface area contributed by atoms with E-state index in [0.29, 0.717) is 0 Å². The summed E-state index contributed by atoms with van der Waals surface area (Å²) in [5.74, 6) is 2.04. The zero-order valence-corrected chi connectivity index (χ0v) is 9.76. The van der Waals surface area contributed by atoms with E-state index < -0.39 is 0 Å². The van der Waals surface area contributed by atoms with Crippen LogP contribution in [0.5, 0.6) is 0 Å². The molecular formula is C13H18S. The Morgan fingerprint density at radius 3 is 2.64 bits per heavy atom. The van der Waals surface area contributed by atoms with Crippen molar-refractivity contribution in [2.24, 2.45) is 5.92 Å². The van der Waals surface area contributed by atoms with Gasteiger partial charge in [-0.2, -0.15) is 0 Å². The summed E-state index contributed by atoms with van der Waals surface area (Å²) in [5.41, 5.74) is 1.28. The van der Waals surface area contributed by atoms with Crippen molar-refractivity contribution in [1.82, 2.24) is 0 Å². The molecule has 14 heavy (non-hydrogen) atoms. The van der Waals surface area contributed by atoms with E-state index in [4.69, 9.17) is 0 Å². The molecule has 0 spiro atoms. The molecule has 0 aliphatic heterocycles. The molecule has 0 amide bonds. The molecule has 0 radical (unpaired) electrons. The average molecular weight is 206 g/mol. The second kappa shape index (κ2) is 6.72. The molecule has 0 aromatic heterocycles. The quantitative estimate of drug-likeness (QED) is 0.686. The van der Waals surface area contributed by atoms with Crippen molar-refractivity contribution in [2.75, 3.05) is 5.75 Å². The van der Waals surface area contributed by atoms with Gasteiger partial charge in [-0.15, -0.1) is 11.8 Å². The molecule has 0 nitrogen and oxygen atoms in total. The van der Waals surface area contributed by atoms with Gasteiger partial charge >= 0.3 is 0 Å². The van der Waals surface area contributed by atoms with Crippen LogP contribution in [0.25, 0.3) is 6.08 Å². The molecular weight excluding hydrogens is 188 g/mol. The van der Waals surface area contributed by atoms with E-state index >= 15 is 0 Å². The van der Waals surface area contributed by atoms with Gasteiger partial charge in [0.25, 0.3) is 0 Å². The molecule has 1 heteroatoms. The van der Waals surface area contributed by atoms with Gasteiger partial charge in [0.2, 0.25) is 0 Å². The molecule has 0 saturated heterocycles. The maximum absolute atomic E-state index is 2.29. The van der Waals surface area contributed by atoms with Gasteiger partial charge < -0.3 is 0 Å². The van der Waals surface area contributed by atoms with Gasteiger partial charge in [0.15, 0.2) is 0 Å². The third-order valence-corrected chi connectivity index (χ3v) is 3.32. The van der Waals surface area contributed by atoms with Gasteiger partial charge in [-0.05, 0) is 28.7 Å². The van der Waals surface area contributed by atoms with E-state index in [0.717, 1.165) is 5.92 Å². The van der Waals surface area contributed by atoms with Gasteiger partial charge in [0.05, 0.1) is 0 Å². The molecule has 1 rings (SSSR count). The van der Waals surface area contributed by atoms with Crippen LogP contribution in [0.4, 0.5) is 0 Å². The summed E-state index contributed by atoms with van der Waals surface area (Å²) >= 11 is 1.90. The summed E-state index contributed by atoms with van der Waals surface area (Å²) in [5, 5.41) is 2.20. The Morgan fingerprint density at radius 2 is 2.00 bits per heavy atom. The average Bonchev–Trinajstić information content (AvgIpc) is 2.25. The molecule has 76 valence electrons. The SMILES string of the molecule is CC[C@H](C)CS/C=C\c1ccccc1. The number of hydrogen-bond donors (Lipinski definition) is 0. The van der Waals surface area contributed by atoms with Gasteiger partial charge in [0.1, 0.15) is 0 Å². The Labute approximate surface area is 91.4 Å². The Hall–Kier alpha value is -0.690. The van der Waals surface area contributed by atoms with Gasteiger partial charge in [-0.25, -0.2) is 0 Å². The van der Waals surface area contributed by atoms with Crippen LogP contribution in [0, 0.1) is 5.92 Å². The van der Waals surface area contributed by atoms with Crippen molar-refractivity contribution in [3.8, 4) is 0 Å². The summed E-state index contributed by atoms with van der Waals surface area (Å²) in [6, 6.07) is 10.4. The highest BCUT2D eigenvalue weighted by Crippen LogP contribution is 2.14. The number of hydrogen-bond acceptors (Lipinski definition) is 1. The molecule has 0 heterocycles. The maximum Gasteiger partial charge on any atom is -0.0000310 e. The van der Waals surface area contributed by atoms with E-state index in [2.05, 4.69) is 49.6 Å². The molecule has 1 aromatic rings. The Balaban J connectivity index is 2.28. The summed E-state index contributed by atoms with van der Waals surface area (Å²) in [6.45, 7) is 4.54. The van der Waals surface area contributed by atoms with Crippen molar-refractivity contribution in [3.05, 3.63) is 41.3 Å². The molecule has 0 aliphatic carbocycles. The zero-order chi connectivity index (χ0) is 10.2. The van der Waals surface area contributed by atoms with Crippen LogP contribution in [-0.2, 0) is 0 Å². The highest BCUT2D eigenvalue weighted by atomic mass is 32.2. The van der Waals surface area contributed by atoms with Crippen LogP contribution >= 0.6 is 11.8 Å². The third kappa shape index (κ3) is 4.52. The minimum absolute atomic E-state index is 0.820. The van der Waals surface area contributed by atoms with Crippen LogP contribution in [0.3, 0.4) is 0 Å². The van der Waals surface area contributed by atoms with Crippen LogP contribution in [0.2, 0.25) is 0 Å². The van der Waals surface area contributed by atoms with E-state index in [1.165, 1.54) is 17.7 Å². The van der Waals surface area contributed by atoms with Crippen LogP contribution in [0.15, 0.2) is 35.7 Å². The minimum atomic E-state index is 0.820. The lowest BCUT2D eigenvalue weighted by Crippen LogP contribution is -1.93. The van der Waals surface area contributed by atoms with Gasteiger partial charge in [0, 0.05) is 0 Å². The predicted molar refractivity (Wildman–Crippen MR) is 67.4 cm³/mol. The van der Waals surface area contributed by atoms with E-state index in [1.807, 2.05) is 17.8 Å². The van der Waals surface area contributed by atoms with E-state index in [-0.39, 0.29) is 0 Å². The first kappa shape index (κ1) is 11.4. The molecule has 0 fully saturated rings. The van der Waals surface area contributed by atoms with Crippen molar-refractivity contribution in [2.45, 2.75) is 20.3 Å². The third-order valence-electron chi connectivity index (χ3n) is 2.23. The van der Waals surface area contributed by atoms with Gasteiger partial charge in [-0.3, -0.25) is 0 Å². The van der Waals surface area contributed by atoms with Crippen LogP contribution in [-0.4, -0.2) is 5.75 Å². The largest absolute Gasteiger partial charge is 0.134 e. The van der Waals surface area contributed by atoms with Crippen molar-refractivity contribution >= 4 is 17.8 Å². The smallest absolute Gasteiger partial charge is 0.0000310 e. The molecule has 0 bridgehead atoms. The lowest BCUT2D eigenvalue weighted by atomic mass is 10.2. The topological polar surface area (TPSA) is 0 Å². The second-order valence-electron chi connectivity index (χ2n) is 3.56. The van der Waals surface area contributed by atoms with Gasteiger partial charge in [-0.1, -0.05) is 50.6 Å². The van der Waals surface area contributed by atoms with Crippen molar-refractivity contribution < 1.29 is 0 Å². The lowest BCUT2D eigenvalue weighted by molar-refractivity contribution is 0.638. The van der Waals surface area contributed by atoms with Crippen LogP contribution in [0.1, 0.15) is 25.8 Å². The number of thioether (sulfide) groups is 1. The Bertz CT molecular complexity index is 264. The normalized spacial score (nSPS) is 13.3. The van der Waals surface area contributed by atoms with E-state index in [9.17, 15) is 0 Å². The number of rotatable bonds is 5. The summed E-state index contributed by atoms with van der Waals surface area (Å²) in [4.78, 5) is 0. The first-order valence-corrected chi connectivity index (χ1v) is 6.21. The predicted octanol–water partition coefficient (Wildman–Crippen LogP) is 4.44. The summed E-state index contributed by atoms with van der Waals surface area (Å²) in [7, 11) is 0. The standard InChI is InChI=1S/C13H18S/c1-3-12(2)11-14-10-9-13-7-5-4-6-8-13/h4-10,12H,3,11H2,1-2H3/b10-9-/t12-/m0/s1. The van der Waals surface area contributed by atoms with E-state index in [1.54, 1.807) is 0 Å². The fourth-order valence-corrected chi connectivity index (χ4v) is 1.96. The molecule has 1 aromatic carbocycles. The first-order valence-electron chi connectivity index (χ1n) is 5.16. The Morgan fingerprint density at radius 1 is 1.29 bits per heavy atom. The maximum atomic E-state index is 2.29. The van der Waals surface area contributed by atoms with Crippen molar-refractivity contribution in [3.63, 3.8) is 0 Å². The van der Waals surface area contributed by atoms with Crippen molar-refractivity contribution in [1.29, 1.82) is 0 Å². The molecule has 0 aliphatic rings. The molecule has 0 unspecified atom stereocenters. The minimum Gasteiger partial charge on any atom is -0.134 e.